The Labute approximate surface area is 89.3 Å². The minimum atomic E-state index is -2.75. The van der Waals surface area contributed by atoms with Gasteiger partial charge in [-0.1, -0.05) is 0 Å². The number of alkyl halides is 3. The molecule has 0 radical (unpaired) electrons. The van der Waals surface area contributed by atoms with Crippen molar-refractivity contribution < 1.29 is 8.78 Å². The highest BCUT2D eigenvalue weighted by Crippen LogP contribution is 2.18. The Morgan fingerprint density at radius 3 is 2.73 bits per heavy atom. The molecule has 1 aromatic rings. The lowest BCUT2D eigenvalue weighted by atomic mass is 10.1. The molecule has 80 valence electrons. The molecule has 6 heteroatoms. The van der Waals surface area contributed by atoms with Crippen LogP contribution in [0, 0.1) is 11.3 Å². The van der Waals surface area contributed by atoms with Crippen molar-refractivity contribution in [2.75, 3.05) is 0 Å². The first kappa shape index (κ1) is 11.7. The van der Waals surface area contributed by atoms with Crippen molar-refractivity contribution in [2.45, 2.75) is 18.7 Å². The molecule has 0 spiro atoms. The second-order valence-electron chi connectivity index (χ2n) is 2.83. The number of nitriles is 1. The largest absolute Gasteiger partial charge is 0.321 e. The van der Waals surface area contributed by atoms with Crippen LogP contribution in [0.25, 0.3) is 0 Å². The first-order chi connectivity index (χ1) is 7.10. The van der Waals surface area contributed by atoms with E-state index < -0.39 is 17.7 Å². The molecular formula is C9H7ClF2N2O. The summed E-state index contributed by atoms with van der Waals surface area (Å²) in [6.07, 6.45) is -2.89. The number of aromatic amines is 1. The van der Waals surface area contributed by atoms with Crippen molar-refractivity contribution in [3.8, 4) is 6.07 Å². The summed E-state index contributed by atoms with van der Waals surface area (Å²) >= 11 is 5.51. The summed E-state index contributed by atoms with van der Waals surface area (Å²) in [7, 11) is 0. The molecule has 15 heavy (non-hydrogen) atoms. The van der Waals surface area contributed by atoms with Crippen molar-refractivity contribution in [1.82, 2.24) is 4.98 Å². The molecule has 1 rings (SSSR count). The van der Waals surface area contributed by atoms with E-state index in [1.54, 1.807) is 6.07 Å². The number of nitrogens with one attached hydrogen (secondary N) is 1. The summed E-state index contributed by atoms with van der Waals surface area (Å²) in [5.74, 6) is -0.0688. The van der Waals surface area contributed by atoms with Crippen molar-refractivity contribution in [3.63, 3.8) is 0 Å². The van der Waals surface area contributed by atoms with Crippen LogP contribution in [0.5, 0.6) is 0 Å². The molecule has 0 unspecified atom stereocenters. The fourth-order valence-electron chi connectivity index (χ4n) is 1.17. The zero-order chi connectivity index (χ0) is 11.4. The van der Waals surface area contributed by atoms with E-state index in [2.05, 4.69) is 0 Å². The summed E-state index contributed by atoms with van der Waals surface area (Å²) in [6.45, 7) is 0. The molecule has 0 bridgehead atoms. The normalized spacial score (nSPS) is 10.3. The average molecular weight is 233 g/mol. The third kappa shape index (κ3) is 2.54. The Balaban J connectivity index is 3.32. The third-order valence-electron chi connectivity index (χ3n) is 1.88. The second kappa shape index (κ2) is 4.89. The molecule has 0 aliphatic carbocycles. The standard InChI is InChI=1S/C9H7ClF2N2O/c10-4-5-3-7(8(11)12)14-9(15)6(5)1-2-13/h3,8H,1,4H2,(H,14,15). The van der Waals surface area contributed by atoms with Crippen molar-refractivity contribution in [3.05, 3.63) is 33.2 Å². The molecule has 1 aromatic heterocycles. The topological polar surface area (TPSA) is 56.6 Å². The van der Waals surface area contributed by atoms with E-state index in [1.165, 1.54) is 0 Å². The predicted molar refractivity (Wildman–Crippen MR) is 50.9 cm³/mol. The summed E-state index contributed by atoms with van der Waals surface area (Å²) in [5, 5.41) is 8.45. The highest BCUT2D eigenvalue weighted by atomic mass is 35.5. The Hall–Kier alpha value is -1.41. The van der Waals surface area contributed by atoms with Gasteiger partial charge in [-0.3, -0.25) is 4.79 Å². The zero-order valence-electron chi connectivity index (χ0n) is 7.56. The van der Waals surface area contributed by atoms with Gasteiger partial charge in [-0.05, 0) is 11.6 Å². The fraction of sp³-hybridized carbons (Fsp3) is 0.333. The maximum Gasteiger partial charge on any atom is 0.278 e. The minimum Gasteiger partial charge on any atom is -0.321 e. The van der Waals surface area contributed by atoms with E-state index in [1.807, 2.05) is 4.98 Å². The van der Waals surface area contributed by atoms with Gasteiger partial charge in [0, 0.05) is 11.4 Å². The summed E-state index contributed by atoms with van der Waals surface area (Å²) in [6, 6.07) is 2.90. The minimum absolute atomic E-state index is 0.0688. The number of hydrogen-bond acceptors (Lipinski definition) is 2. The smallest absolute Gasteiger partial charge is 0.278 e. The van der Waals surface area contributed by atoms with Gasteiger partial charge < -0.3 is 4.98 Å². The highest BCUT2D eigenvalue weighted by molar-refractivity contribution is 6.17. The summed E-state index contributed by atoms with van der Waals surface area (Å²) in [4.78, 5) is 13.3. The second-order valence-corrected chi connectivity index (χ2v) is 3.09. The van der Waals surface area contributed by atoms with Gasteiger partial charge in [0.05, 0.1) is 18.2 Å². The van der Waals surface area contributed by atoms with Crippen LogP contribution in [0.4, 0.5) is 8.78 Å². The lowest BCUT2D eigenvalue weighted by Gasteiger charge is -2.05. The Kier molecular flexibility index (Phi) is 3.81. The number of hydrogen-bond donors (Lipinski definition) is 1. The van der Waals surface area contributed by atoms with Gasteiger partial charge in [0.15, 0.2) is 0 Å². The van der Waals surface area contributed by atoms with Gasteiger partial charge in [0.1, 0.15) is 0 Å². The number of pyridine rings is 1. The Morgan fingerprint density at radius 2 is 2.27 bits per heavy atom. The SMILES string of the molecule is N#CCc1c(CCl)cc(C(F)F)[nH]c1=O. The molecule has 0 aliphatic rings. The van der Waals surface area contributed by atoms with E-state index in [9.17, 15) is 13.6 Å². The lowest BCUT2D eigenvalue weighted by molar-refractivity contribution is 0.145. The predicted octanol–water partition coefficient (Wildman–Crippen LogP) is 2.12. The van der Waals surface area contributed by atoms with Crippen LogP contribution in [0.2, 0.25) is 0 Å². The number of nitrogens with zero attached hydrogens (tertiary/aromatic N) is 1. The van der Waals surface area contributed by atoms with Crippen LogP contribution in [-0.4, -0.2) is 4.98 Å². The first-order valence-electron chi connectivity index (χ1n) is 4.06. The van der Waals surface area contributed by atoms with Gasteiger partial charge >= 0.3 is 0 Å². The molecule has 1 heterocycles. The van der Waals surface area contributed by atoms with Gasteiger partial charge in [0.25, 0.3) is 12.0 Å². The van der Waals surface area contributed by atoms with Gasteiger partial charge in [-0.15, -0.1) is 11.6 Å². The maximum atomic E-state index is 12.3. The third-order valence-corrected chi connectivity index (χ3v) is 2.17. The van der Waals surface area contributed by atoms with Crippen LogP contribution >= 0.6 is 11.6 Å². The molecule has 3 nitrogen and oxygen atoms in total. The lowest BCUT2D eigenvalue weighted by Crippen LogP contribution is -2.17. The maximum absolute atomic E-state index is 12.3. The Bertz CT molecular complexity index is 450. The van der Waals surface area contributed by atoms with Crippen molar-refractivity contribution in [2.24, 2.45) is 0 Å². The molecule has 0 aliphatic heterocycles. The van der Waals surface area contributed by atoms with E-state index in [-0.39, 0.29) is 23.4 Å². The van der Waals surface area contributed by atoms with Gasteiger partial charge in [0.2, 0.25) is 0 Å². The van der Waals surface area contributed by atoms with E-state index in [0.29, 0.717) is 0 Å². The molecule has 0 fully saturated rings. The molecule has 0 amide bonds. The van der Waals surface area contributed by atoms with E-state index in [4.69, 9.17) is 16.9 Å². The van der Waals surface area contributed by atoms with Crippen molar-refractivity contribution in [1.29, 1.82) is 5.26 Å². The zero-order valence-corrected chi connectivity index (χ0v) is 8.31. The van der Waals surface area contributed by atoms with Crippen LogP contribution in [0.3, 0.4) is 0 Å². The monoisotopic (exact) mass is 232 g/mol. The van der Waals surface area contributed by atoms with E-state index in [0.717, 1.165) is 6.07 Å². The quantitative estimate of drug-likeness (QED) is 0.812. The molecule has 0 aromatic carbocycles. The number of aromatic nitrogens is 1. The molecule has 0 saturated carbocycles. The fourth-order valence-corrected chi connectivity index (χ4v) is 1.41. The highest BCUT2D eigenvalue weighted by Gasteiger charge is 2.14. The molecule has 1 N–H and O–H groups in total. The van der Waals surface area contributed by atoms with Crippen LogP contribution in [-0.2, 0) is 12.3 Å². The molecule has 0 saturated heterocycles. The van der Waals surface area contributed by atoms with E-state index >= 15 is 0 Å². The molecule has 0 atom stereocenters. The van der Waals surface area contributed by atoms with Crippen LogP contribution in [0.1, 0.15) is 23.2 Å². The Morgan fingerprint density at radius 1 is 1.60 bits per heavy atom. The average Bonchev–Trinajstić information content (AvgIpc) is 2.20. The summed E-state index contributed by atoms with van der Waals surface area (Å²) in [5.41, 5.74) is -0.725. The van der Waals surface area contributed by atoms with Crippen LogP contribution < -0.4 is 5.56 Å². The van der Waals surface area contributed by atoms with Crippen LogP contribution in [0.15, 0.2) is 10.9 Å². The number of H-pyrrole nitrogens is 1. The molecular weight excluding hydrogens is 226 g/mol. The summed E-state index contributed by atoms with van der Waals surface area (Å²) < 4.78 is 24.6. The number of halogens is 3. The van der Waals surface area contributed by atoms with Gasteiger partial charge in [-0.25, -0.2) is 8.78 Å². The number of rotatable bonds is 3. The van der Waals surface area contributed by atoms with Crippen molar-refractivity contribution >= 4 is 11.6 Å². The van der Waals surface area contributed by atoms with Gasteiger partial charge in [-0.2, -0.15) is 5.26 Å². The first-order valence-corrected chi connectivity index (χ1v) is 4.59.